The summed E-state index contributed by atoms with van der Waals surface area (Å²) in [5.74, 6) is 0.995. The number of nitrogens with zero attached hydrogens (tertiary/aromatic N) is 2. The number of alkyl carbamates (subject to hydrolysis) is 1. The van der Waals surface area contributed by atoms with Crippen LogP contribution in [0.2, 0.25) is 0 Å². The lowest BCUT2D eigenvalue weighted by molar-refractivity contribution is 0.0496. The van der Waals surface area contributed by atoms with Crippen molar-refractivity contribution in [1.82, 2.24) is 14.9 Å². The van der Waals surface area contributed by atoms with Crippen LogP contribution in [0.5, 0.6) is 0 Å². The predicted molar refractivity (Wildman–Crippen MR) is 71.4 cm³/mol. The van der Waals surface area contributed by atoms with Crippen molar-refractivity contribution in [2.75, 3.05) is 0 Å². The minimum atomic E-state index is -0.458. The van der Waals surface area contributed by atoms with Crippen molar-refractivity contribution >= 4 is 22.0 Å². The van der Waals surface area contributed by atoms with Gasteiger partial charge in [-0.15, -0.1) is 0 Å². The van der Waals surface area contributed by atoms with Crippen LogP contribution in [-0.4, -0.2) is 27.3 Å². The van der Waals surface area contributed by atoms with Crippen LogP contribution >= 0.6 is 15.9 Å². The number of imidazole rings is 1. The standard InChI is InChI=1S/C12H18BrN3O2/c1-12(2,3)18-11(17)14-8-4-5-16-7-9(13)15-10(16)6-8/h7-8H,4-6H2,1-3H3,(H,14,17). The third-order valence-electron chi connectivity index (χ3n) is 2.70. The first-order chi connectivity index (χ1) is 8.33. The average Bonchev–Trinajstić information content (AvgIpc) is 2.53. The van der Waals surface area contributed by atoms with E-state index >= 15 is 0 Å². The van der Waals surface area contributed by atoms with Gasteiger partial charge in [-0.05, 0) is 43.1 Å². The van der Waals surface area contributed by atoms with Crippen molar-refractivity contribution in [1.29, 1.82) is 0 Å². The highest BCUT2D eigenvalue weighted by molar-refractivity contribution is 9.10. The topological polar surface area (TPSA) is 56.1 Å². The summed E-state index contributed by atoms with van der Waals surface area (Å²) in [6.07, 6.45) is 3.26. The van der Waals surface area contributed by atoms with Gasteiger partial charge in [0, 0.05) is 25.2 Å². The number of aryl methyl sites for hydroxylation is 1. The number of fused-ring (bicyclic) bond motifs is 1. The van der Waals surface area contributed by atoms with E-state index in [4.69, 9.17) is 4.74 Å². The zero-order valence-corrected chi connectivity index (χ0v) is 12.5. The van der Waals surface area contributed by atoms with Gasteiger partial charge in [0.05, 0.1) is 0 Å². The number of ether oxygens (including phenoxy) is 1. The van der Waals surface area contributed by atoms with E-state index < -0.39 is 5.60 Å². The monoisotopic (exact) mass is 315 g/mol. The van der Waals surface area contributed by atoms with Crippen molar-refractivity contribution in [2.45, 2.75) is 51.8 Å². The van der Waals surface area contributed by atoms with Gasteiger partial charge in [0.1, 0.15) is 16.0 Å². The molecule has 1 N–H and O–H groups in total. The Morgan fingerprint density at radius 3 is 3.00 bits per heavy atom. The van der Waals surface area contributed by atoms with Crippen LogP contribution in [0.4, 0.5) is 4.79 Å². The number of amides is 1. The highest BCUT2D eigenvalue weighted by Crippen LogP contribution is 2.18. The molecule has 100 valence electrons. The van der Waals surface area contributed by atoms with Crippen LogP contribution in [-0.2, 0) is 17.7 Å². The number of aromatic nitrogens is 2. The van der Waals surface area contributed by atoms with Crippen LogP contribution < -0.4 is 5.32 Å². The fraction of sp³-hybridized carbons (Fsp3) is 0.667. The first-order valence-corrected chi connectivity index (χ1v) is 6.84. The van der Waals surface area contributed by atoms with Gasteiger partial charge in [-0.25, -0.2) is 9.78 Å². The molecule has 1 aromatic heterocycles. The maximum Gasteiger partial charge on any atom is 0.407 e. The van der Waals surface area contributed by atoms with Gasteiger partial charge in [-0.1, -0.05) is 0 Å². The Bertz CT molecular complexity index is 451. The molecule has 1 aromatic rings. The van der Waals surface area contributed by atoms with E-state index in [-0.39, 0.29) is 12.1 Å². The second-order valence-electron chi connectivity index (χ2n) is 5.51. The fourth-order valence-corrected chi connectivity index (χ4v) is 2.44. The molecule has 0 aliphatic carbocycles. The van der Waals surface area contributed by atoms with Gasteiger partial charge in [0.25, 0.3) is 0 Å². The minimum absolute atomic E-state index is 0.0987. The van der Waals surface area contributed by atoms with Crippen LogP contribution in [0.15, 0.2) is 10.8 Å². The van der Waals surface area contributed by atoms with Gasteiger partial charge in [0.2, 0.25) is 0 Å². The number of halogens is 1. The predicted octanol–water partition coefficient (Wildman–Crippen LogP) is 2.49. The van der Waals surface area contributed by atoms with E-state index in [9.17, 15) is 4.79 Å². The lowest BCUT2D eigenvalue weighted by Gasteiger charge is -2.26. The van der Waals surface area contributed by atoms with E-state index in [0.717, 1.165) is 29.8 Å². The molecule has 0 bridgehead atoms. The van der Waals surface area contributed by atoms with Crippen LogP contribution in [0, 0.1) is 0 Å². The summed E-state index contributed by atoms with van der Waals surface area (Å²) in [7, 11) is 0. The summed E-state index contributed by atoms with van der Waals surface area (Å²) in [6, 6.07) is 0.0987. The van der Waals surface area contributed by atoms with Crippen LogP contribution in [0.3, 0.4) is 0 Å². The summed E-state index contributed by atoms with van der Waals surface area (Å²) in [5.41, 5.74) is -0.458. The molecule has 0 fully saturated rings. The Balaban J connectivity index is 1.91. The molecular formula is C12H18BrN3O2. The molecule has 2 heterocycles. The molecule has 0 saturated carbocycles. The van der Waals surface area contributed by atoms with Crippen molar-refractivity contribution in [3.63, 3.8) is 0 Å². The molecule has 0 saturated heterocycles. The lowest BCUT2D eigenvalue weighted by atomic mass is 10.1. The molecule has 18 heavy (non-hydrogen) atoms. The number of carbonyl (C=O) groups is 1. The number of hydrogen-bond acceptors (Lipinski definition) is 3. The Labute approximate surface area is 115 Å². The largest absolute Gasteiger partial charge is 0.444 e. The quantitative estimate of drug-likeness (QED) is 0.866. The number of hydrogen-bond donors (Lipinski definition) is 1. The van der Waals surface area contributed by atoms with E-state index in [1.54, 1.807) is 0 Å². The summed E-state index contributed by atoms with van der Waals surface area (Å²) >= 11 is 3.36. The molecule has 1 amide bonds. The van der Waals surface area contributed by atoms with Gasteiger partial charge >= 0.3 is 6.09 Å². The Morgan fingerprint density at radius 1 is 1.61 bits per heavy atom. The number of nitrogens with one attached hydrogen (secondary N) is 1. The molecule has 1 aliphatic heterocycles. The van der Waals surface area contributed by atoms with Gasteiger partial charge in [0.15, 0.2) is 0 Å². The van der Waals surface area contributed by atoms with E-state index in [2.05, 4.69) is 30.8 Å². The van der Waals surface area contributed by atoms with Crippen LogP contribution in [0.1, 0.15) is 33.0 Å². The molecular weight excluding hydrogens is 298 g/mol. The molecule has 1 aliphatic rings. The SMILES string of the molecule is CC(C)(C)OC(=O)NC1CCn2cc(Br)nc2C1. The fourth-order valence-electron chi connectivity index (χ4n) is 1.99. The molecule has 0 aromatic carbocycles. The molecule has 6 heteroatoms. The minimum Gasteiger partial charge on any atom is -0.444 e. The van der Waals surface area contributed by atoms with Crippen molar-refractivity contribution < 1.29 is 9.53 Å². The zero-order valence-electron chi connectivity index (χ0n) is 10.9. The molecule has 5 nitrogen and oxygen atoms in total. The summed E-state index contributed by atoms with van der Waals surface area (Å²) < 4.78 is 8.20. The van der Waals surface area contributed by atoms with E-state index in [1.807, 2.05) is 27.0 Å². The van der Waals surface area contributed by atoms with Gasteiger partial charge in [-0.3, -0.25) is 0 Å². The summed E-state index contributed by atoms with van der Waals surface area (Å²) in [5, 5.41) is 2.90. The Hall–Kier alpha value is -1.04. The maximum atomic E-state index is 11.7. The van der Waals surface area contributed by atoms with Crippen molar-refractivity contribution in [3.05, 3.63) is 16.6 Å². The van der Waals surface area contributed by atoms with Crippen molar-refractivity contribution in [2.24, 2.45) is 0 Å². The normalized spacial score (nSPS) is 19.2. The molecule has 0 radical (unpaired) electrons. The van der Waals surface area contributed by atoms with E-state index in [0.29, 0.717) is 0 Å². The number of carbonyl (C=O) groups excluding carboxylic acids is 1. The van der Waals surface area contributed by atoms with E-state index in [1.165, 1.54) is 0 Å². The highest BCUT2D eigenvalue weighted by atomic mass is 79.9. The first kappa shape index (κ1) is 13.4. The third-order valence-corrected chi connectivity index (χ3v) is 3.08. The highest BCUT2D eigenvalue weighted by Gasteiger charge is 2.24. The van der Waals surface area contributed by atoms with Gasteiger partial charge in [-0.2, -0.15) is 0 Å². The lowest BCUT2D eigenvalue weighted by Crippen LogP contribution is -2.42. The Morgan fingerprint density at radius 2 is 2.33 bits per heavy atom. The molecule has 1 atom stereocenters. The summed E-state index contributed by atoms with van der Waals surface area (Å²) in [6.45, 7) is 6.44. The van der Waals surface area contributed by atoms with Crippen LogP contribution in [0.25, 0.3) is 0 Å². The average molecular weight is 316 g/mol. The third kappa shape index (κ3) is 3.48. The summed E-state index contributed by atoms with van der Waals surface area (Å²) in [4.78, 5) is 16.0. The second-order valence-corrected chi connectivity index (χ2v) is 6.32. The molecule has 1 unspecified atom stereocenters. The van der Waals surface area contributed by atoms with Gasteiger partial charge < -0.3 is 14.6 Å². The first-order valence-electron chi connectivity index (χ1n) is 6.04. The zero-order chi connectivity index (χ0) is 13.3. The molecule has 2 rings (SSSR count). The number of rotatable bonds is 1. The molecule has 0 spiro atoms. The second kappa shape index (κ2) is 4.91. The maximum absolute atomic E-state index is 11.7. The van der Waals surface area contributed by atoms with Crippen molar-refractivity contribution in [3.8, 4) is 0 Å². The Kier molecular flexibility index (Phi) is 3.66. The smallest absolute Gasteiger partial charge is 0.407 e.